The van der Waals surface area contributed by atoms with Crippen molar-refractivity contribution >= 4 is 56.1 Å². The number of thioether (sulfide) groups is 1. The Morgan fingerprint density at radius 1 is 1.21 bits per heavy atom. The first-order valence-corrected chi connectivity index (χ1v) is 10.7. The second-order valence-electron chi connectivity index (χ2n) is 6.05. The molecule has 2 aromatic rings. The molecule has 0 aromatic heterocycles. The predicted octanol–water partition coefficient (Wildman–Crippen LogP) is 3.50. The first-order valence-electron chi connectivity index (χ1n) is 8.09. The van der Waals surface area contributed by atoms with Crippen molar-refractivity contribution < 1.29 is 22.3 Å². The number of hydrogen-bond donors (Lipinski definition) is 0. The lowest BCUT2D eigenvalue weighted by Crippen LogP contribution is -2.22. The minimum Gasteiger partial charge on any atom is -0.379 e. The average molecular weight is 451 g/mol. The fraction of sp³-hybridized carbons (Fsp3) is 0.111. The van der Waals surface area contributed by atoms with Crippen LogP contribution >= 0.6 is 24.0 Å². The molecule has 0 saturated carbocycles. The number of benzene rings is 2. The molecule has 2 aromatic carbocycles. The second-order valence-corrected chi connectivity index (χ2v) is 9.27. The predicted molar refractivity (Wildman–Crippen MR) is 113 cm³/mol. The van der Waals surface area contributed by atoms with E-state index in [1.54, 1.807) is 25.3 Å². The van der Waals surface area contributed by atoms with Crippen LogP contribution in [-0.2, 0) is 14.9 Å². The van der Waals surface area contributed by atoms with Crippen LogP contribution < -0.4 is 4.18 Å². The third-order valence-corrected chi connectivity index (χ3v) is 6.76. The van der Waals surface area contributed by atoms with Gasteiger partial charge in [0.2, 0.25) is 0 Å². The molecular formula is C18H14N2O6S3. The number of carbonyl (C=O) groups excluding carboxylic acids is 1. The zero-order chi connectivity index (χ0) is 21.3. The summed E-state index contributed by atoms with van der Waals surface area (Å²) in [6, 6.07) is 9.60. The lowest BCUT2D eigenvalue weighted by Gasteiger charge is -2.08. The fourth-order valence-corrected chi connectivity index (χ4v) is 4.56. The van der Waals surface area contributed by atoms with Crippen LogP contribution in [-0.4, -0.2) is 35.5 Å². The van der Waals surface area contributed by atoms with E-state index in [1.807, 2.05) is 0 Å². The van der Waals surface area contributed by atoms with Gasteiger partial charge in [-0.05, 0) is 36.8 Å². The van der Waals surface area contributed by atoms with Crippen molar-refractivity contribution in [3.8, 4) is 5.75 Å². The molecule has 29 heavy (non-hydrogen) atoms. The van der Waals surface area contributed by atoms with Crippen LogP contribution in [0.2, 0.25) is 0 Å². The number of hydrogen-bond acceptors (Lipinski definition) is 8. The van der Waals surface area contributed by atoms with Crippen molar-refractivity contribution in [3.05, 3.63) is 68.6 Å². The van der Waals surface area contributed by atoms with Gasteiger partial charge >= 0.3 is 10.1 Å². The molecule has 1 fully saturated rings. The Bertz CT molecular complexity index is 1160. The largest absolute Gasteiger partial charge is 0.379 e. The molecule has 0 bridgehead atoms. The van der Waals surface area contributed by atoms with Crippen LogP contribution in [0, 0.1) is 17.0 Å². The summed E-state index contributed by atoms with van der Waals surface area (Å²) < 4.78 is 30.4. The first kappa shape index (κ1) is 21.0. The molecule has 1 aliphatic heterocycles. The normalized spacial score (nSPS) is 15.8. The number of aryl methyl sites for hydroxylation is 1. The van der Waals surface area contributed by atoms with Crippen molar-refractivity contribution in [1.29, 1.82) is 0 Å². The summed E-state index contributed by atoms with van der Waals surface area (Å²) in [7, 11) is -2.65. The summed E-state index contributed by atoms with van der Waals surface area (Å²) in [5.41, 5.74) is 0.698. The summed E-state index contributed by atoms with van der Waals surface area (Å²) in [5.74, 6) is -0.169. The third kappa shape index (κ3) is 4.47. The Hall–Kier alpha value is -2.76. The number of nitro benzene ring substituents is 1. The summed E-state index contributed by atoms with van der Waals surface area (Å²) in [6.45, 7) is 1.51. The van der Waals surface area contributed by atoms with Crippen LogP contribution in [0.25, 0.3) is 6.08 Å². The van der Waals surface area contributed by atoms with E-state index in [-0.39, 0.29) is 22.2 Å². The number of nitro groups is 1. The van der Waals surface area contributed by atoms with Crippen molar-refractivity contribution in [2.45, 2.75) is 11.8 Å². The highest BCUT2D eigenvalue weighted by atomic mass is 32.2. The summed E-state index contributed by atoms with van der Waals surface area (Å²) in [6.07, 6.45) is 1.64. The van der Waals surface area contributed by atoms with Gasteiger partial charge in [0, 0.05) is 18.7 Å². The van der Waals surface area contributed by atoms with Gasteiger partial charge < -0.3 is 4.18 Å². The fourth-order valence-electron chi connectivity index (χ4n) is 2.43. The topological polar surface area (TPSA) is 107 Å². The molecule has 3 rings (SSSR count). The summed E-state index contributed by atoms with van der Waals surface area (Å²) in [4.78, 5) is 23.9. The van der Waals surface area contributed by atoms with E-state index in [0.29, 0.717) is 20.4 Å². The van der Waals surface area contributed by atoms with Crippen LogP contribution in [0.5, 0.6) is 5.75 Å². The second kappa shape index (κ2) is 7.93. The first-order chi connectivity index (χ1) is 13.6. The number of likely N-dealkylation sites (N-methyl/N-ethyl adjacent to an activating group) is 1. The number of nitrogens with zero attached hydrogens (tertiary/aromatic N) is 2. The van der Waals surface area contributed by atoms with Gasteiger partial charge in [-0.25, -0.2) is 0 Å². The van der Waals surface area contributed by atoms with E-state index in [9.17, 15) is 23.3 Å². The number of carbonyl (C=O) groups is 1. The van der Waals surface area contributed by atoms with Crippen LogP contribution in [0.3, 0.4) is 0 Å². The Morgan fingerprint density at radius 2 is 1.86 bits per heavy atom. The van der Waals surface area contributed by atoms with Gasteiger partial charge in [-0.1, -0.05) is 42.2 Å². The van der Waals surface area contributed by atoms with Gasteiger partial charge in [-0.3, -0.25) is 19.8 Å². The lowest BCUT2D eigenvalue weighted by atomic mass is 10.2. The average Bonchev–Trinajstić information content (AvgIpc) is 2.90. The molecular weight excluding hydrogens is 436 g/mol. The van der Waals surface area contributed by atoms with E-state index >= 15 is 0 Å². The Labute approximate surface area is 176 Å². The molecule has 0 atom stereocenters. The smallest absolute Gasteiger partial charge is 0.339 e. The van der Waals surface area contributed by atoms with E-state index in [0.717, 1.165) is 6.07 Å². The standard InChI is InChI=1S/C18H14N2O6S3/c1-11-3-8-14(10-15(11)20(22)23)29(24,25)26-13-6-4-12(5-7-13)9-16-17(21)19(2)18(27)28-16/h3-10H,1-2H3/b16-9+. The molecule has 11 heteroatoms. The van der Waals surface area contributed by atoms with Gasteiger partial charge in [0.05, 0.1) is 9.83 Å². The molecule has 1 saturated heterocycles. The van der Waals surface area contributed by atoms with Crippen molar-refractivity contribution in [2.24, 2.45) is 0 Å². The van der Waals surface area contributed by atoms with Crippen molar-refractivity contribution in [1.82, 2.24) is 4.90 Å². The van der Waals surface area contributed by atoms with E-state index in [2.05, 4.69) is 0 Å². The summed E-state index contributed by atoms with van der Waals surface area (Å²) in [5, 5.41) is 11.0. The SMILES string of the molecule is Cc1ccc(S(=O)(=O)Oc2ccc(/C=C3/SC(=S)N(C)C3=O)cc2)cc1[N+](=O)[O-]. The number of rotatable bonds is 5. The monoisotopic (exact) mass is 450 g/mol. The third-order valence-electron chi connectivity index (χ3n) is 4.04. The van der Waals surface area contributed by atoms with Gasteiger partial charge in [-0.2, -0.15) is 8.42 Å². The highest BCUT2D eigenvalue weighted by Crippen LogP contribution is 2.32. The Balaban J connectivity index is 1.81. The maximum Gasteiger partial charge on any atom is 0.339 e. The molecule has 0 aliphatic carbocycles. The number of amides is 1. The van der Waals surface area contributed by atoms with E-state index in [4.69, 9.17) is 16.4 Å². The minimum atomic E-state index is -4.25. The molecule has 1 aliphatic rings. The highest BCUT2D eigenvalue weighted by molar-refractivity contribution is 8.26. The van der Waals surface area contributed by atoms with Gasteiger partial charge in [0.15, 0.2) is 0 Å². The Morgan fingerprint density at radius 3 is 2.41 bits per heavy atom. The van der Waals surface area contributed by atoms with Crippen molar-refractivity contribution in [3.63, 3.8) is 0 Å². The Kier molecular flexibility index (Phi) is 5.73. The molecule has 0 unspecified atom stereocenters. The molecule has 0 N–H and O–H groups in total. The molecule has 8 nitrogen and oxygen atoms in total. The zero-order valence-corrected chi connectivity index (χ0v) is 17.6. The molecule has 1 amide bonds. The maximum atomic E-state index is 12.4. The zero-order valence-electron chi connectivity index (χ0n) is 15.2. The lowest BCUT2D eigenvalue weighted by molar-refractivity contribution is -0.385. The van der Waals surface area contributed by atoms with Crippen LogP contribution in [0.4, 0.5) is 5.69 Å². The minimum absolute atomic E-state index is 0.0356. The maximum absolute atomic E-state index is 12.4. The van der Waals surface area contributed by atoms with Gasteiger partial charge in [0.25, 0.3) is 11.6 Å². The van der Waals surface area contributed by atoms with Crippen LogP contribution in [0.15, 0.2) is 52.3 Å². The van der Waals surface area contributed by atoms with E-state index < -0.39 is 15.0 Å². The van der Waals surface area contributed by atoms with Crippen LogP contribution in [0.1, 0.15) is 11.1 Å². The molecule has 0 radical (unpaired) electrons. The summed E-state index contributed by atoms with van der Waals surface area (Å²) >= 11 is 6.25. The molecule has 1 heterocycles. The quantitative estimate of drug-likeness (QED) is 0.224. The van der Waals surface area contributed by atoms with E-state index in [1.165, 1.54) is 47.9 Å². The van der Waals surface area contributed by atoms with Gasteiger partial charge in [0.1, 0.15) is 15.0 Å². The molecule has 0 spiro atoms. The number of thiocarbonyl (C=S) groups is 1. The van der Waals surface area contributed by atoms with Gasteiger partial charge in [-0.15, -0.1) is 0 Å². The highest BCUT2D eigenvalue weighted by Gasteiger charge is 2.28. The molecule has 150 valence electrons. The van der Waals surface area contributed by atoms with Crippen molar-refractivity contribution in [2.75, 3.05) is 7.05 Å².